The number of amides is 1. The van der Waals surface area contributed by atoms with Crippen molar-refractivity contribution < 1.29 is 15.0 Å². The lowest BCUT2D eigenvalue weighted by atomic mass is 10.0. The van der Waals surface area contributed by atoms with E-state index >= 15 is 0 Å². The zero-order valence-electron chi connectivity index (χ0n) is 11.4. The number of benzene rings is 2. The van der Waals surface area contributed by atoms with Gasteiger partial charge in [0.25, 0.3) is 5.79 Å². The minimum absolute atomic E-state index is 0.0753. The summed E-state index contributed by atoms with van der Waals surface area (Å²) >= 11 is 0. The lowest BCUT2D eigenvalue weighted by Gasteiger charge is -2.17. The third-order valence-electron chi connectivity index (χ3n) is 3.35. The Morgan fingerprint density at radius 1 is 1.00 bits per heavy atom. The van der Waals surface area contributed by atoms with E-state index in [1.807, 2.05) is 19.1 Å². The second-order valence-electron chi connectivity index (χ2n) is 4.94. The molecule has 0 fully saturated rings. The fourth-order valence-electron chi connectivity index (χ4n) is 2.18. The highest BCUT2D eigenvalue weighted by atomic mass is 16.5. The van der Waals surface area contributed by atoms with Crippen LogP contribution in [0.4, 0.5) is 5.69 Å². The minimum Gasteiger partial charge on any atom is -0.353 e. The van der Waals surface area contributed by atoms with Crippen LogP contribution >= 0.6 is 0 Å². The van der Waals surface area contributed by atoms with Crippen LogP contribution in [-0.4, -0.2) is 27.6 Å². The average Bonchev–Trinajstić information content (AvgIpc) is 2.72. The molecule has 5 nitrogen and oxygen atoms in total. The van der Waals surface area contributed by atoms with Crippen LogP contribution in [0.15, 0.2) is 59.7 Å². The molecule has 0 radical (unpaired) electrons. The number of hydrogen-bond donors (Lipinski definition) is 2. The van der Waals surface area contributed by atoms with E-state index in [9.17, 15) is 15.0 Å². The van der Waals surface area contributed by atoms with Crippen LogP contribution in [0, 0.1) is 6.92 Å². The number of aryl methyl sites for hydroxylation is 1. The van der Waals surface area contributed by atoms with Crippen molar-refractivity contribution in [3.63, 3.8) is 0 Å². The van der Waals surface area contributed by atoms with Gasteiger partial charge in [0.2, 0.25) is 0 Å². The summed E-state index contributed by atoms with van der Waals surface area (Å²) in [5.41, 5.74) is 1.94. The van der Waals surface area contributed by atoms with Crippen molar-refractivity contribution in [2.45, 2.75) is 12.7 Å². The molecule has 0 saturated heterocycles. The molecule has 106 valence electrons. The van der Waals surface area contributed by atoms with Crippen molar-refractivity contribution in [1.82, 2.24) is 0 Å². The molecule has 0 unspecified atom stereocenters. The quantitative estimate of drug-likeness (QED) is 0.818. The molecule has 21 heavy (non-hydrogen) atoms. The zero-order chi connectivity index (χ0) is 15.0. The first-order valence-electron chi connectivity index (χ1n) is 6.50. The fraction of sp³-hybridized carbons (Fsp3) is 0.125. The number of hydrogen-bond acceptors (Lipinski definition) is 4. The minimum atomic E-state index is -2.62. The molecule has 1 aliphatic heterocycles. The lowest BCUT2D eigenvalue weighted by Crippen LogP contribution is -2.46. The van der Waals surface area contributed by atoms with Crippen LogP contribution in [0.25, 0.3) is 0 Å². The predicted octanol–water partition coefficient (Wildman–Crippen LogP) is 1.43. The summed E-state index contributed by atoms with van der Waals surface area (Å²) in [4.78, 5) is 12.2. The third kappa shape index (κ3) is 2.22. The smallest absolute Gasteiger partial charge is 0.314 e. The first kappa shape index (κ1) is 13.5. The molecule has 3 rings (SSSR count). The summed E-state index contributed by atoms with van der Waals surface area (Å²) < 4.78 is 0. The van der Waals surface area contributed by atoms with E-state index in [1.54, 1.807) is 42.5 Å². The Kier molecular flexibility index (Phi) is 3.08. The molecule has 0 bridgehead atoms. The Hall–Kier alpha value is -2.50. The SMILES string of the molecule is Cc1ccc(N2N=C(c3ccccc3)C(O)(O)C2=O)cc1. The molecule has 2 aromatic rings. The van der Waals surface area contributed by atoms with Gasteiger partial charge in [0.05, 0.1) is 5.69 Å². The molecule has 0 atom stereocenters. The van der Waals surface area contributed by atoms with Gasteiger partial charge in [-0.25, -0.2) is 0 Å². The molecule has 2 N–H and O–H groups in total. The number of nitrogens with zero attached hydrogens (tertiary/aromatic N) is 2. The lowest BCUT2D eigenvalue weighted by molar-refractivity contribution is -0.155. The van der Waals surface area contributed by atoms with Gasteiger partial charge in [0.15, 0.2) is 0 Å². The molecular formula is C16H14N2O3. The molecule has 1 aliphatic rings. The van der Waals surface area contributed by atoms with Crippen LogP contribution in [0.1, 0.15) is 11.1 Å². The summed E-state index contributed by atoms with van der Waals surface area (Å²) in [5.74, 6) is -3.50. The maximum Gasteiger partial charge on any atom is 0.314 e. The predicted molar refractivity (Wildman–Crippen MR) is 78.8 cm³/mol. The van der Waals surface area contributed by atoms with E-state index in [-0.39, 0.29) is 5.71 Å². The maximum atomic E-state index is 12.2. The summed E-state index contributed by atoms with van der Waals surface area (Å²) in [7, 11) is 0. The average molecular weight is 282 g/mol. The second kappa shape index (κ2) is 4.80. The number of anilines is 1. The van der Waals surface area contributed by atoms with E-state index in [4.69, 9.17) is 0 Å². The van der Waals surface area contributed by atoms with Crippen LogP contribution in [0.5, 0.6) is 0 Å². The molecule has 0 aliphatic carbocycles. The van der Waals surface area contributed by atoms with E-state index in [1.165, 1.54) is 0 Å². The van der Waals surface area contributed by atoms with Crippen molar-refractivity contribution in [1.29, 1.82) is 0 Å². The van der Waals surface area contributed by atoms with Crippen LogP contribution in [-0.2, 0) is 4.79 Å². The number of aliphatic hydroxyl groups is 2. The van der Waals surface area contributed by atoms with Gasteiger partial charge in [-0.15, -0.1) is 0 Å². The molecule has 0 saturated carbocycles. The Morgan fingerprint density at radius 3 is 2.24 bits per heavy atom. The van der Waals surface area contributed by atoms with Crippen molar-refractivity contribution in [2.75, 3.05) is 5.01 Å². The first-order valence-corrected chi connectivity index (χ1v) is 6.50. The molecule has 1 amide bonds. The first-order chi connectivity index (χ1) is 10.00. The molecule has 0 aromatic heterocycles. The third-order valence-corrected chi connectivity index (χ3v) is 3.35. The topological polar surface area (TPSA) is 73.1 Å². The zero-order valence-corrected chi connectivity index (χ0v) is 11.4. The van der Waals surface area contributed by atoms with Gasteiger partial charge >= 0.3 is 5.91 Å². The monoisotopic (exact) mass is 282 g/mol. The number of carbonyl (C=O) groups excluding carboxylic acids is 1. The number of hydrazone groups is 1. The molecule has 0 spiro atoms. The molecule has 2 aromatic carbocycles. The summed E-state index contributed by atoms with van der Waals surface area (Å²) in [6, 6.07) is 15.7. The highest BCUT2D eigenvalue weighted by Gasteiger charge is 2.49. The van der Waals surface area contributed by atoms with Crippen LogP contribution in [0.2, 0.25) is 0 Å². The standard InChI is InChI=1S/C16H14N2O3/c1-11-7-9-13(10-8-11)18-15(19)16(20,21)14(17-18)12-5-3-2-4-6-12/h2-10,20-21H,1H3. The van der Waals surface area contributed by atoms with Crippen LogP contribution in [0.3, 0.4) is 0 Å². The van der Waals surface area contributed by atoms with E-state index in [0.29, 0.717) is 11.3 Å². The Balaban J connectivity index is 2.06. The molecule has 5 heteroatoms. The van der Waals surface area contributed by atoms with Gasteiger partial charge in [-0.1, -0.05) is 48.0 Å². The van der Waals surface area contributed by atoms with Gasteiger partial charge < -0.3 is 10.2 Å². The molecular weight excluding hydrogens is 268 g/mol. The van der Waals surface area contributed by atoms with Crippen molar-refractivity contribution in [3.05, 3.63) is 65.7 Å². The van der Waals surface area contributed by atoms with Crippen molar-refractivity contribution in [2.24, 2.45) is 5.10 Å². The van der Waals surface area contributed by atoms with Gasteiger partial charge in [-0.3, -0.25) is 4.79 Å². The van der Waals surface area contributed by atoms with Crippen LogP contribution < -0.4 is 5.01 Å². The number of carbonyl (C=O) groups is 1. The number of rotatable bonds is 2. The van der Waals surface area contributed by atoms with E-state index < -0.39 is 11.7 Å². The van der Waals surface area contributed by atoms with E-state index in [0.717, 1.165) is 10.6 Å². The largest absolute Gasteiger partial charge is 0.353 e. The highest BCUT2D eigenvalue weighted by molar-refractivity contribution is 6.25. The van der Waals surface area contributed by atoms with Crippen molar-refractivity contribution in [3.8, 4) is 0 Å². The highest BCUT2D eigenvalue weighted by Crippen LogP contribution is 2.28. The Morgan fingerprint density at radius 2 is 1.62 bits per heavy atom. The maximum absolute atomic E-state index is 12.2. The van der Waals surface area contributed by atoms with Gasteiger partial charge in [-0.2, -0.15) is 10.1 Å². The Labute approximate surface area is 121 Å². The van der Waals surface area contributed by atoms with E-state index in [2.05, 4.69) is 5.10 Å². The Bertz CT molecular complexity index is 706. The second-order valence-corrected chi connectivity index (χ2v) is 4.94. The summed E-state index contributed by atoms with van der Waals surface area (Å²) in [6.07, 6.45) is 0. The fourth-order valence-corrected chi connectivity index (χ4v) is 2.18. The van der Waals surface area contributed by atoms with Gasteiger partial charge in [0, 0.05) is 5.56 Å². The normalized spacial score (nSPS) is 17.0. The molecule has 1 heterocycles. The van der Waals surface area contributed by atoms with Crippen molar-refractivity contribution >= 4 is 17.3 Å². The van der Waals surface area contributed by atoms with Gasteiger partial charge in [0.1, 0.15) is 5.71 Å². The summed E-state index contributed by atoms with van der Waals surface area (Å²) in [6.45, 7) is 1.93. The summed E-state index contributed by atoms with van der Waals surface area (Å²) in [5, 5.41) is 25.3. The van der Waals surface area contributed by atoms with Gasteiger partial charge in [-0.05, 0) is 19.1 Å².